The molecule has 0 amide bonds. The van der Waals surface area contributed by atoms with E-state index in [0.717, 1.165) is 29.6 Å². The van der Waals surface area contributed by atoms with Gasteiger partial charge < -0.3 is 14.8 Å². The fraction of sp³-hybridized carbons (Fsp3) is 0.238. The Morgan fingerprint density at radius 3 is 2.69 bits per heavy atom. The summed E-state index contributed by atoms with van der Waals surface area (Å²) < 4.78 is 35.0. The van der Waals surface area contributed by atoms with Crippen molar-refractivity contribution in [1.29, 1.82) is 0 Å². The number of amidine groups is 1. The molecule has 2 aromatic carbocycles. The molecule has 0 aromatic heterocycles. The lowest BCUT2D eigenvalue weighted by Gasteiger charge is -2.13. The van der Waals surface area contributed by atoms with Gasteiger partial charge in [-0.1, -0.05) is 23.9 Å². The molecule has 0 fully saturated rings. The van der Waals surface area contributed by atoms with E-state index in [9.17, 15) is 13.6 Å². The number of hydrogen-bond donors (Lipinski definition) is 1. The number of hydrogen-bond acceptors (Lipinski definition) is 6. The van der Waals surface area contributed by atoms with Gasteiger partial charge >= 0.3 is 6.61 Å². The Hall–Kier alpha value is -2.87. The Balaban J connectivity index is 1.71. The summed E-state index contributed by atoms with van der Waals surface area (Å²) in [5.41, 5.74) is 1.65. The predicted octanol–water partition coefficient (Wildman–Crippen LogP) is 5.10. The summed E-state index contributed by atoms with van der Waals surface area (Å²) in [7, 11) is 1.36. The zero-order valence-electron chi connectivity index (χ0n) is 15.7. The predicted molar refractivity (Wildman–Crippen MR) is 112 cm³/mol. The molecule has 0 aliphatic carbocycles. The number of nitrogens with one attached hydrogen (secondary N) is 1. The molecule has 8 heteroatoms. The van der Waals surface area contributed by atoms with E-state index in [1.807, 2.05) is 0 Å². The number of allylic oxidation sites excluding steroid dienone is 1. The third-order valence-corrected chi connectivity index (χ3v) is 5.07. The standard InChI is InChI=1S/C21H20F2N2O3S/c1-27-18-5-2-4-15(19(18)28-20(22)23)8-11-17(26)14-6-9-16(10-7-14)25-21-24-12-3-13-29-21/h2,4-11,20H,3,12-13H2,1H3,(H,24,25)/b11-8+. The zero-order valence-corrected chi connectivity index (χ0v) is 16.5. The lowest BCUT2D eigenvalue weighted by Crippen LogP contribution is -2.13. The van der Waals surface area contributed by atoms with Crippen molar-refractivity contribution in [3.8, 4) is 11.5 Å². The minimum absolute atomic E-state index is 0.112. The number of ketones is 1. The number of aliphatic imine (C=N–C) groups is 1. The molecule has 0 radical (unpaired) electrons. The molecular formula is C21H20F2N2O3S. The maximum Gasteiger partial charge on any atom is 0.387 e. The highest BCUT2D eigenvalue weighted by Crippen LogP contribution is 2.33. The maximum atomic E-state index is 12.7. The van der Waals surface area contributed by atoms with Crippen LogP contribution in [0, 0.1) is 0 Å². The van der Waals surface area contributed by atoms with Gasteiger partial charge in [-0.2, -0.15) is 8.78 Å². The first-order valence-electron chi connectivity index (χ1n) is 8.95. The van der Waals surface area contributed by atoms with Crippen molar-refractivity contribution in [3.05, 3.63) is 59.7 Å². The molecule has 29 heavy (non-hydrogen) atoms. The van der Waals surface area contributed by atoms with Crippen LogP contribution in [0.15, 0.2) is 53.5 Å². The van der Waals surface area contributed by atoms with Crippen molar-refractivity contribution < 1.29 is 23.0 Å². The van der Waals surface area contributed by atoms with Gasteiger partial charge in [-0.3, -0.25) is 9.79 Å². The third kappa shape index (κ3) is 5.80. The second-order valence-corrected chi connectivity index (χ2v) is 7.13. The molecule has 1 N–H and O–H groups in total. The summed E-state index contributed by atoms with van der Waals surface area (Å²) in [4.78, 5) is 16.9. The zero-order chi connectivity index (χ0) is 20.6. The summed E-state index contributed by atoms with van der Waals surface area (Å²) in [6.45, 7) is -2.18. The second kappa shape index (κ2) is 10.1. The first-order chi connectivity index (χ1) is 14.1. The van der Waals surface area contributed by atoms with Gasteiger partial charge in [-0.25, -0.2) is 0 Å². The van der Waals surface area contributed by atoms with Gasteiger partial charge in [0.25, 0.3) is 0 Å². The Morgan fingerprint density at radius 1 is 1.24 bits per heavy atom. The highest BCUT2D eigenvalue weighted by Gasteiger charge is 2.14. The van der Waals surface area contributed by atoms with Crippen molar-refractivity contribution in [2.45, 2.75) is 13.0 Å². The summed E-state index contributed by atoms with van der Waals surface area (Å²) in [6, 6.07) is 11.7. The van der Waals surface area contributed by atoms with Gasteiger partial charge in [0, 0.05) is 29.1 Å². The van der Waals surface area contributed by atoms with Crippen LogP contribution in [0.3, 0.4) is 0 Å². The number of alkyl halides is 2. The second-order valence-electron chi connectivity index (χ2n) is 6.05. The number of rotatable bonds is 7. The van der Waals surface area contributed by atoms with Gasteiger partial charge in [0.1, 0.15) is 0 Å². The molecule has 1 heterocycles. The van der Waals surface area contributed by atoms with Crippen LogP contribution in [0.1, 0.15) is 22.3 Å². The molecule has 0 atom stereocenters. The third-order valence-electron chi connectivity index (χ3n) is 4.07. The fourth-order valence-electron chi connectivity index (χ4n) is 2.68. The van der Waals surface area contributed by atoms with Crippen LogP contribution in [-0.2, 0) is 0 Å². The van der Waals surface area contributed by atoms with Gasteiger partial charge in [0.05, 0.1) is 7.11 Å². The van der Waals surface area contributed by atoms with Crippen LogP contribution in [0.2, 0.25) is 0 Å². The van der Waals surface area contributed by atoms with Gasteiger partial charge in [-0.15, -0.1) is 0 Å². The molecule has 0 bridgehead atoms. The molecular weight excluding hydrogens is 398 g/mol. The number of halogens is 2. The van der Waals surface area contributed by atoms with E-state index in [1.54, 1.807) is 48.2 Å². The van der Waals surface area contributed by atoms with Crippen LogP contribution in [0.5, 0.6) is 11.5 Å². The number of nitrogens with zero attached hydrogens (tertiary/aromatic N) is 1. The summed E-state index contributed by atoms with van der Waals surface area (Å²) in [6.07, 6.45) is 3.83. The van der Waals surface area contributed by atoms with E-state index in [4.69, 9.17) is 4.74 Å². The van der Waals surface area contributed by atoms with E-state index in [0.29, 0.717) is 11.1 Å². The Morgan fingerprint density at radius 2 is 2.03 bits per heavy atom. The summed E-state index contributed by atoms with van der Waals surface area (Å²) >= 11 is 1.67. The average Bonchev–Trinajstić information content (AvgIpc) is 2.73. The highest BCUT2D eigenvalue weighted by atomic mass is 32.2. The van der Waals surface area contributed by atoms with Crippen LogP contribution < -0.4 is 14.8 Å². The molecule has 0 unspecified atom stereocenters. The Kier molecular flexibility index (Phi) is 7.24. The number of ether oxygens (including phenoxy) is 2. The number of benzene rings is 2. The average molecular weight is 418 g/mol. The smallest absolute Gasteiger partial charge is 0.387 e. The molecule has 0 spiro atoms. The van der Waals surface area contributed by atoms with Crippen molar-refractivity contribution in [3.63, 3.8) is 0 Å². The topological polar surface area (TPSA) is 59.9 Å². The quantitative estimate of drug-likeness (QED) is 0.501. The van der Waals surface area contributed by atoms with Gasteiger partial charge in [0.2, 0.25) is 0 Å². The van der Waals surface area contributed by atoms with E-state index in [2.05, 4.69) is 15.0 Å². The van der Waals surface area contributed by atoms with Crippen molar-refractivity contribution in [2.24, 2.45) is 4.99 Å². The van der Waals surface area contributed by atoms with E-state index in [1.165, 1.54) is 25.3 Å². The van der Waals surface area contributed by atoms with Gasteiger partial charge in [0.15, 0.2) is 22.4 Å². The van der Waals surface area contributed by atoms with E-state index >= 15 is 0 Å². The number of carbonyl (C=O) groups excluding carboxylic acids is 1. The van der Waals surface area contributed by atoms with Gasteiger partial charge in [-0.05, 0) is 48.9 Å². The normalized spacial score (nSPS) is 14.0. The number of carbonyl (C=O) groups is 1. The number of methoxy groups -OCH3 is 1. The van der Waals surface area contributed by atoms with E-state index in [-0.39, 0.29) is 17.3 Å². The molecule has 0 saturated carbocycles. The Labute approximate surface area is 171 Å². The molecule has 3 rings (SSSR count). The number of thioether (sulfide) groups is 1. The molecule has 1 aliphatic rings. The first kappa shape index (κ1) is 20.9. The monoisotopic (exact) mass is 418 g/mol. The van der Waals surface area contributed by atoms with Crippen LogP contribution in [-0.4, -0.2) is 37.0 Å². The van der Waals surface area contributed by atoms with Crippen LogP contribution >= 0.6 is 11.8 Å². The van der Waals surface area contributed by atoms with Crippen molar-refractivity contribution in [1.82, 2.24) is 0 Å². The lowest BCUT2D eigenvalue weighted by molar-refractivity contribution is -0.0513. The van der Waals surface area contributed by atoms with Crippen molar-refractivity contribution >= 4 is 34.5 Å². The van der Waals surface area contributed by atoms with E-state index < -0.39 is 6.61 Å². The largest absolute Gasteiger partial charge is 0.493 e. The highest BCUT2D eigenvalue weighted by molar-refractivity contribution is 8.14. The number of para-hydroxylation sites is 1. The first-order valence-corrected chi connectivity index (χ1v) is 9.94. The fourth-order valence-corrected chi connectivity index (χ4v) is 3.52. The SMILES string of the molecule is COc1cccc(/C=C/C(=O)c2ccc(NC3=NCCCS3)cc2)c1OC(F)F. The Bertz CT molecular complexity index is 915. The van der Waals surface area contributed by atoms with Crippen LogP contribution in [0.25, 0.3) is 6.08 Å². The summed E-state index contributed by atoms with van der Waals surface area (Å²) in [5.74, 6) is 0.833. The molecule has 152 valence electrons. The van der Waals surface area contributed by atoms with Crippen molar-refractivity contribution in [2.75, 3.05) is 24.7 Å². The summed E-state index contributed by atoms with van der Waals surface area (Å²) in [5, 5.41) is 4.10. The molecule has 2 aromatic rings. The molecule has 1 aliphatic heterocycles. The minimum atomic E-state index is -3.00. The maximum absolute atomic E-state index is 12.7. The molecule has 5 nitrogen and oxygen atoms in total. The lowest BCUT2D eigenvalue weighted by atomic mass is 10.1. The van der Waals surface area contributed by atoms with Crippen LogP contribution in [0.4, 0.5) is 14.5 Å². The minimum Gasteiger partial charge on any atom is -0.493 e. The number of anilines is 1. The molecule has 0 saturated heterocycles.